The van der Waals surface area contributed by atoms with Crippen LogP contribution in [0.25, 0.3) is 0 Å². The first kappa shape index (κ1) is 27.3. The number of nitrogens with one attached hydrogen (secondary N) is 1. The van der Waals surface area contributed by atoms with E-state index in [2.05, 4.69) is 27.7 Å². The number of unbranched alkanes of at least 4 members (excludes halogenated alkanes) is 9. The van der Waals surface area contributed by atoms with E-state index in [1.165, 1.54) is 71.1 Å². The predicted octanol–water partition coefficient (Wildman–Crippen LogP) is 5.27. The number of tetrazole rings is 1. The monoisotopic (exact) mass is 479 g/mol. The molecule has 0 fully saturated rings. The Kier molecular flexibility index (Phi) is 12.1. The maximum Gasteiger partial charge on any atom is 0.267 e. The second kappa shape index (κ2) is 15.1. The number of halogens is 1. The maximum atomic E-state index is 14.8. The number of carbonyl (C=O) groups is 1. The Hall–Kier alpha value is -2.91. The molecular formula is C24H38FN5O4. The van der Waals surface area contributed by atoms with Gasteiger partial charge in [0, 0.05) is 12.1 Å². The fraction of sp³-hybridized carbons (Fsp3) is 0.667. The van der Waals surface area contributed by atoms with E-state index < -0.39 is 12.1 Å². The third kappa shape index (κ3) is 8.46. The molecule has 1 aromatic heterocycles. The number of ether oxygens (including phenoxy) is 3. The van der Waals surface area contributed by atoms with E-state index in [1.807, 2.05) is 0 Å². The number of nitrogens with zero attached hydrogens (tertiary/aromatic N) is 4. The molecule has 10 heteroatoms. The summed E-state index contributed by atoms with van der Waals surface area (Å²) in [7, 11) is 4.35. The van der Waals surface area contributed by atoms with Crippen LogP contribution < -0.4 is 19.5 Å². The van der Waals surface area contributed by atoms with Gasteiger partial charge in [-0.15, -0.1) is 10.2 Å². The molecule has 0 unspecified atom stereocenters. The van der Waals surface area contributed by atoms with Crippen LogP contribution in [0, 0.1) is 0 Å². The summed E-state index contributed by atoms with van der Waals surface area (Å²) in [6.07, 6.45) is 10.1. The lowest BCUT2D eigenvalue weighted by molar-refractivity contribution is -0.121. The Balaban J connectivity index is 1.81. The predicted molar refractivity (Wildman–Crippen MR) is 128 cm³/mol. The van der Waals surface area contributed by atoms with Gasteiger partial charge in [0.1, 0.15) is 22.9 Å². The lowest BCUT2D eigenvalue weighted by Gasteiger charge is -2.16. The Morgan fingerprint density at radius 1 is 0.941 bits per heavy atom. The van der Waals surface area contributed by atoms with Gasteiger partial charge in [0.25, 0.3) is 5.91 Å². The maximum absolute atomic E-state index is 14.8. The van der Waals surface area contributed by atoms with E-state index in [1.54, 1.807) is 12.1 Å². The normalized spacial score (nSPS) is 11.8. The quantitative estimate of drug-likeness (QED) is 0.309. The first-order valence-corrected chi connectivity index (χ1v) is 12.1. The molecule has 1 amide bonds. The largest absolute Gasteiger partial charge is 0.496 e. The minimum Gasteiger partial charge on any atom is -0.496 e. The van der Waals surface area contributed by atoms with Crippen LogP contribution in [0.15, 0.2) is 12.1 Å². The summed E-state index contributed by atoms with van der Waals surface area (Å²) in [6.45, 7) is 2.77. The molecule has 1 aromatic carbocycles. The minimum absolute atomic E-state index is 0.191. The summed E-state index contributed by atoms with van der Waals surface area (Å²) in [5.41, 5.74) is 0.191. The number of hydrogen-bond acceptors (Lipinski definition) is 7. The zero-order valence-electron chi connectivity index (χ0n) is 20.8. The SMILES string of the molecule is CCCCCCCCCCCCn1nnc([C@@H](F)C(=O)Nc2c(OC)cc(OC)cc2OC)n1. The molecule has 0 aliphatic rings. The van der Waals surface area contributed by atoms with Gasteiger partial charge in [0.2, 0.25) is 12.0 Å². The van der Waals surface area contributed by atoms with Crippen molar-refractivity contribution in [2.75, 3.05) is 26.6 Å². The topological polar surface area (TPSA) is 100 Å². The van der Waals surface area contributed by atoms with Crippen LogP contribution in [-0.2, 0) is 11.3 Å². The van der Waals surface area contributed by atoms with Crippen molar-refractivity contribution < 1.29 is 23.4 Å². The Morgan fingerprint density at radius 3 is 2.03 bits per heavy atom. The van der Waals surface area contributed by atoms with Gasteiger partial charge in [-0.2, -0.15) is 4.80 Å². The number of aromatic nitrogens is 4. The molecule has 1 N–H and O–H groups in total. The summed E-state index contributed by atoms with van der Waals surface area (Å²) in [4.78, 5) is 13.9. The van der Waals surface area contributed by atoms with Crippen LogP contribution >= 0.6 is 0 Å². The highest BCUT2D eigenvalue weighted by molar-refractivity contribution is 5.97. The summed E-state index contributed by atoms with van der Waals surface area (Å²) < 4.78 is 30.5. The number of methoxy groups -OCH3 is 3. The van der Waals surface area contributed by atoms with E-state index in [0.29, 0.717) is 12.3 Å². The van der Waals surface area contributed by atoms with Gasteiger partial charge in [0.05, 0.1) is 27.9 Å². The fourth-order valence-corrected chi connectivity index (χ4v) is 3.63. The van der Waals surface area contributed by atoms with Crippen LogP contribution in [0.4, 0.5) is 10.1 Å². The average molecular weight is 480 g/mol. The van der Waals surface area contributed by atoms with Crippen molar-refractivity contribution in [3.05, 3.63) is 18.0 Å². The van der Waals surface area contributed by atoms with Gasteiger partial charge < -0.3 is 19.5 Å². The average Bonchev–Trinajstić information content (AvgIpc) is 3.33. The first-order valence-electron chi connectivity index (χ1n) is 12.1. The Labute approximate surface area is 201 Å². The fourth-order valence-electron chi connectivity index (χ4n) is 3.63. The number of anilines is 1. The van der Waals surface area contributed by atoms with E-state index in [9.17, 15) is 9.18 Å². The molecule has 2 rings (SSSR count). The van der Waals surface area contributed by atoms with Crippen molar-refractivity contribution in [1.82, 2.24) is 20.2 Å². The molecule has 0 radical (unpaired) electrons. The smallest absolute Gasteiger partial charge is 0.267 e. The highest BCUT2D eigenvalue weighted by Gasteiger charge is 2.27. The third-order valence-electron chi connectivity index (χ3n) is 5.60. The van der Waals surface area contributed by atoms with Gasteiger partial charge in [0.15, 0.2) is 0 Å². The van der Waals surface area contributed by atoms with E-state index in [0.717, 1.165) is 19.3 Å². The number of hydrogen-bond donors (Lipinski definition) is 1. The summed E-state index contributed by atoms with van der Waals surface area (Å²) >= 11 is 0. The van der Waals surface area contributed by atoms with Gasteiger partial charge in [-0.3, -0.25) is 4.79 Å². The number of aryl methyl sites for hydroxylation is 1. The first-order chi connectivity index (χ1) is 16.5. The minimum atomic E-state index is -2.09. The van der Waals surface area contributed by atoms with Crippen LogP contribution in [0.3, 0.4) is 0 Å². The van der Waals surface area contributed by atoms with Crippen molar-refractivity contribution in [3.63, 3.8) is 0 Å². The highest BCUT2D eigenvalue weighted by Crippen LogP contribution is 2.39. The molecule has 0 saturated heterocycles. The number of alkyl halides is 1. The van der Waals surface area contributed by atoms with Crippen molar-refractivity contribution in [3.8, 4) is 17.2 Å². The molecule has 0 aliphatic heterocycles. The van der Waals surface area contributed by atoms with Crippen molar-refractivity contribution in [1.29, 1.82) is 0 Å². The molecule has 2 aromatic rings. The van der Waals surface area contributed by atoms with Gasteiger partial charge >= 0.3 is 0 Å². The summed E-state index contributed by atoms with van der Waals surface area (Å²) in [6, 6.07) is 3.12. The standard InChI is InChI=1S/C24H38FN5O4/c1-5-6-7-8-9-10-11-12-13-14-15-30-28-23(27-29-30)21(25)24(31)26-22-19(33-3)16-18(32-2)17-20(22)34-4/h16-17,21H,5-15H2,1-4H3,(H,26,31)/t21-/m1/s1. The zero-order chi connectivity index (χ0) is 24.8. The van der Waals surface area contributed by atoms with E-state index >= 15 is 0 Å². The van der Waals surface area contributed by atoms with E-state index in [-0.39, 0.29) is 23.0 Å². The number of amides is 1. The van der Waals surface area contributed by atoms with Gasteiger partial charge in [-0.1, -0.05) is 64.7 Å². The number of benzene rings is 1. The second-order valence-electron chi connectivity index (χ2n) is 8.18. The number of carbonyl (C=O) groups excluding carboxylic acids is 1. The molecule has 1 heterocycles. The Bertz CT molecular complexity index is 852. The molecule has 1 atom stereocenters. The molecule has 190 valence electrons. The molecule has 34 heavy (non-hydrogen) atoms. The van der Waals surface area contributed by atoms with Crippen LogP contribution in [-0.4, -0.2) is 47.4 Å². The molecule has 0 aliphatic carbocycles. The molecular weight excluding hydrogens is 441 g/mol. The van der Waals surface area contributed by atoms with Crippen LogP contribution in [0.5, 0.6) is 17.2 Å². The van der Waals surface area contributed by atoms with Gasteiger partial charge in [-0.25, -0.2) is 4.39 Å². The van der Waals surface area contributed by atoms with Crippen molar-refractivity contribution in [2.45, 2.75) is 83.8 Å². The van der Waals surface area contributed by atoms with Crippen LogP contribution in [0.1, 0.15) is 83.1 Å². The number of rotatable bonds is 17. The molecule has 0 saturated carbocycles. The van der Waals surface area contributed by atoms with Crippen molar-refractivity contribution in [2.24, 2.45) is 0 Å². The highest BCUT2D eigenvalue weighted by atomic mass is 19.1. The zero-order valence-corrected chi connectivity index (χ0v) is 20.8. The lowest BCUT2D eigenvalue weighted by Crippen LogP contribution is -2.20. The van der Waals surface area contributed by atoms with Crippen LogP contribution in [0.2, 0.25) is 0 Å². The molecule has 9 nitrogen and oxygen atoms in total. The Morgan fingerprint density at radius 2 is 1.50 bits per heavy atom. The second-order valence-corrected chi connectivity index (χ2v) is 8.18. The molecule has 0 bridgehead atoms. The lowest BCUT2D eigenvalue weighted by atomic mass is 10.1. The third-order valence-corrected chi connectivity index (χ3v) is 5.60. The van der Waals surface area contributed by atoms with Gasteiger partial charge in [-0.05, 0) is 11.6 Å². The van der Waals surface area contributed by atoms with E-state index in [4.69, 9.17) is 14.2 Å². The summed E-state index contributed by atoms with van der Waals surface area (Å²) in [5.74, 6) is -0.208. The summed E-state index contributed by atoms with van der Waals surface area (Å²) in [5, 5.41) is 14.1. The molecule has 0 spiro atoms. The van der Waals surface area contributed by atoms with Crippen molar-refractivity contribution >= 4 is 11.6 Å².